The summed E-state index contributed by atoms with van der Waals surface area (Å²) in [5, 5.41) is 0. The molecule has 1 amide bonds. The minimum atomic E-state index is -1.03. The number of rotatable bonds is 5. The van der Waals surface area contributed by atoms with Crippen LogP contribution in [0.2, 0.25) is 0 Å². The Morgan fingerprint density at radius 2 is 1.79 bits per heavy atom. The van der Waals surface area contributed by atoms with Crippen LogP contribution in [-0.2, 0) is 25.5 Å². The monoisotopic (exact) mass is 395 g/mol. The summed E-state index contributed by atoms with van der Waals surface area (Å²) in [5.41, 5.74) is 4.06. The lowest BCUT2D eigenvalue weighted by Crippen LogP contribution is -2.44. The summed E-state index contributed by atoms with van der Waals surface area (Å²) in [7, 11) is 1.25. The number of hydrogen-bond acceptors (Lipinski definition) is 5. The van der Waals surface area contributed by atoms with Gasteiger partial charge in [-0.2, -0.15) is 0 Å². The molecule has 1 unspecified atom stereocenters. The van der Waals surface area contributed by atoms with Gasteiger partial charge in [0.25, 0.3) is 0 Å². The molecule has 0 N–H and O–H groups in total. The van der Waals surface area contributed by atoms with E-state index < -0.39 is 23.7 Å². The van der Waals surface area contributed by atoms with Crippen molar-refractivity contribution in [2.45, 2.75) is 45.3 Å². The van der Waals surface area contributed by atoms with Crippen LogP contribution >= 0.6 is 0 Å². The van der Waals surface area contributed by atoms with Gasteiger partial charge < -0.3 is 14.3 Å². The molecule has 0 aromatic heterocycles. The maximum atomic E-state index is 12.6. The van der Waals surface area contributed by atoms with Gasteiger partial charge in [0.1, 0.15) is 17.9 Å². The van der Waals surface area contributed by atoms with E-state index in [1.54, 1.807) is 26.8 Å². The summed E-state index contributed by atoms with van der Waals surface area (Å²) < 4.78 is 10.3. The molecule has 0 radical (unpaired) electrons. The molecule has 0 bridgehead atoms. The zero-order valence-electron chi connectivity index (χ0n) is 17.1. The van der Waals surface area contributed by atoms with Crippen molar-refractivity contribution in [1.29, 1.82) is 0 Å². The number of nitrogens with zero attached hydrogens (tertiary/aromatic N) is 1. The predicted molar refractivity (Wildman–Crippen MR) is 110 cm³/mol. The van der Waals surface area contributed by atoms with Crippen LogP contribution in [0.5, 0.6) is 0 Å². The second-order valence-corrected chi connectivity index (χ2v) is 7.97. The largest absolute Gasteiger partial charge is 0.460 e. The lowest BCUT2D eigenvalue weighted by atomic mass is 10.0. The van der Waals surface area contributed by atoms with E-state index in [1.165, 1.54) is 12.0 Å². The minimum Gasteiger partial charge on any atom is -0.460 e. The summed E-state index contributed by atoms with van der Waals surface area (Å²) >= 11 is 0. The maximum Gasteiger partial charge on any atom is 0.414 e. The molecular weight excluding hydrogens is 370 g/mol. The fraction of sp³-hybridized carbons (Fsp3) is 0.348. The van der Waals surface area contributed by atoms with E-state index in [1.807, 2.05) is 36.4 Å². The third-order valence-corrected chi connectivity index (χ3v) is 4.74. The van der Waals surface area contributed by atoms with Gasteiger partial charge in [0, 0.05) is 6.42 Å². The van der Waals surface area contributed by atoms with Gasteiger partial charge in [0.05, 0.1) is 19.2 Å². The quantitative estimate of drug-likeness (QED) is 0.480. The summed E-state index contributed by atoms with van der Waals surface area (Å²) in [6.07, 6.45) is 0.261. The highest BCUT2D eigenvalue weighted by Gasteiger charge is 2.33. The Kier molecular flexibility index (Phi) is 5.73. The van der Waals surface area contributed by atoms with Gasteiger partial charge in [0.15, 0.2) is 0 Å². The number of amides is 1. The van der Waals surface area contributed by atoms with Crippen LogP contribution in [-0.4, -0.2) is 37.1 Å². The van der Waals surface area contributed by atoms with E-state index in [4.69, 9.17) is 9.47 Å². The first-order valence-electron chi connectivity index (χ1n) is 9.49. The molecule has 0 heterocycles. The lowest BCUT2D eigenvalue weighted by Gasteiger charge is -2.29. The summed E-state index contributed by atoms with van der Waals surface area (Å²) in [4.78, 5) is 38.1. The van der Waals surface area contributed by atoms with Gasteiger partial charge in [-0.3, -0.25) is 9.69 Å². The summed E-state index contributed by atoms with van der Waals surface area (Å²) in [6, 6.07) is 12.6. The first-order valence-corrected chi connectivity index (χ1v) is 9.49. The standard InChI is InChI=1S/C23H25NO5/c1-23(2,3)29-21(26)13-16(14-25)24(22(27)28-4)20-11-7-10-18-17-9-6-5-8-15(17)12-19(18)20/h5-11,14,16H,12-13H2,1-4H3. The van der Waals surface area contributed by atoms with Crippen LogP contribution in [0.4, 0.5) is 10.5 Å². The van der Waals surface area contributed by atoms with Crippen molar-refractivity contribution in [3.05, 3.63) is 53.6 Å². The number of carbonyl (C=O) groups is 3. The average Bonchev–Trinajstić information content (AvgIpc) is 3.05. The molecule has 2 aromatic carbocycles. The highest BCUT2D eigenvalue weighted by molar-refractivity contribution is 5.97. The van der Waals surface area contributed by atoms with Gasteiger partial charge in [-0.25, -0.2) is 4.79 Å². The van der Waals surface area contributed by atoms with Crippen LogP contribution in [0.25, 0.3) is 11.1 Å². The number of fused-ring (bicyclic) bond motifs is 3. The fourth-order valence-electron chi connectivity index (χ4n) is 3.63. The molecule has 29 heavy (non-hydrogen) atoms. The number of hydrogen-bond donors (Lipinski definition) is 0. The molecular formula is C23H25NO5. The molecule has 1 aliphatic carbocycles. The van der Waals surface area contributed by atoms with Gasteiger partial charge >= 0.3 is 12.1 Å². The third-order valence-electron chi connectivity index (χ3n) is 4.74. The summed E-state index contributed by atoms with van der Waals surface area (Å²) in [5.74, 6) is -0.556. The molecule has 6 nitrogen and oxygen atoms in total. The Balaban J connectivity index is 1.99. The van der Waals surface area contributed by atoms with E-state index in [-0.39, 0.29) is 6.42 Å². The van der Waals surface area contributed by atoms with Crippen molar-refractivity contribution in [2.75, 3.05) is 12.0 Å². The SMILES string of the molecule is COC(=O)N(c1cccc2c1Cc1ccccc1-2)C(C=O)CC(=O)OC(C)(C)C. The second kappa shape index (κ2) is 8.07. The zero-order valence-corrected chi connectivity index (χ0v) is 17.1. The van der Waals surface area contributed by atoms with Crippen molar-refractivity contribution in [2.24, 2.45) is 0 Å². The van der Waals surface area contributed by atoms with Crippen molar-refractivity contribution in [3.63, 3.8) is 0 Å². The third kappa shape index (κ3) is 4.31. The Labute approximate surface area is 170 Å². The van der Waals surface area contributed by atoms with Crippen LogP contribution < -0.4 is 4.90 Å². The predicted octanol–water partition coefficient (Wildman–Crippen LogP) is 4.13. The highest BCUT2D eigenvalue weighted by Crippen LogP contribution is 2.42. The molecule has 0 fully saturated rings. The number of carbonyl (C=O) groups excluding carboxylic acids is 3. The van der Waals surface area contributed by atoms with Crippen molar-refractivity contribution < 1.29 is 23.9 Å². The van der Waals surface area contributed by atoms with Crippen LogP contribution in [0, 0.1) is 0 Å². The number of methoxy groups -OCH3 is 1. The molecule has 0 saturated carbocycles. The van der Waals surface area contributed by atoms with E-state index in [0.29, 0.717) is 18.4 Å². The van der Waals surface area contributed by atoms with Gasteiger partial charge in [-0.05, 0) is 49.1 Å². The molecule has 0 saturated heterocycles. The minimum absolute atomic E-state index is 0.257. The van der Waals surface area contributed by atoms with Crippen LogP contribution in [0.15, 0.2) is 42.5 Å². The molecule has 0 spiro atoms. The van der Waals surface area contributed by atoms with Crippen molar-refractivity contribution >= 4 is 24.0 Å². The van der Waals surface area contributed by atoms with Gasteiger partial charge in [-0.1, -0.05) is 36.4 Å². The number of esters is 1. The molecule has 1 aliphatic rings. The number of anilines is 1. The molecule has 0 aliphatic heterocycles. The first-order chi connectivity index (χ1) is 13.7. The number of aldehydes is 1. The smallest absolute Gasteiger partial charge is 0.414 e. The van der Waals surface area contributed by atoms with Crippen molar-refractivity contribution in [3.8, 4) is 11.1 Å². The summed E-state index contributed by atoms with van der Waals surface area (Å²) in [6.45, 7) is 5.25. The Hall–Kier alpha value is -3.15. The van der Waals surface area contributed by atoms with Crippen molar-refractivity contribution in [1.82, 2.24) is 0 Å². The molecule has 6 heteroatoms. The molecule has 152 valence electrons. The van der Waals surface area contributed by atoms with E-state index in [0.717, 1.165) is 22.3 Å². The van der Waals surface area contributed by atoms with Crippen LogP contribution in [0.3, 0.4) is 0 Å². The van der Waals surface area contributed by atoms with Gasteiger partial charge in [0.2, 0.25) is 0 Å². The molecule has 2 aromatic rings. The number of ether oxygens (including phenoxy) is 2. The first kappa shape index (κ1) is 20.6. The average molecular weight is 395 g/mol. The normalized spacial score (nSPS) is 13.1. The molecule has 1 atom stereocenters. The molecule has 3 rings (SSSR count). The Bertz CT molecular complexity index is 945. The van der Waals surface area contributed by atoms with E-state index >= 15 is 0 Å². The topological polar surface area (TPSA) is 72.9 Å². The van der Waals surface area contributed by atoms with E-state index in [9.17, 15) is 14.4 Å². The second-order valence-electron chi connectivity index (χ2n) is 7.97. The highest BCUT2D eigenvalue weighted by atomic mass is 16.6. The Morgan fingerprint density at radius 1 is 1.10 bits per heavy atom. The zero-order chi connectivity index (χ0) is 21.2. The fourth-order valence-corrected chi connectivity index (χ4v) is 3.63. The number of benzene rings is 2. The van der Waals surface area contributed by atoms with E-state index in [2.05, 4.69) is 0 Å². The lowest BCUT2D eigenvalue weighted by molar-refractivity contribution is -0.155. The van der Waals surface area contributed by atoms with Gasteiger partial charge in [-0.15, -0.1) is 0 Å². The van der Waals surface area contributed by atoms with Crippen LogP contribution in [0.1, 0.15) is 38.3 Å². The Morgan fingerprint density at radius 3 is 2.45 bits per heavy atom. The maximum absolute atomic E-state index is 12.6.